The van der Waals surface area contributed by atoms with E-state index in [1.807, 2.05) is 24.3 Å². The smallest absolute Gasteiger partial charge is 0.181 e. The van der Waals surface area contributed by atoms with E-state index in [2.05, 4.69) is 34.2 Å². The minimum Gasteiger partial charge on any atom is -0.275 e. The van der Waals surface area contributed by atoms with Gasteiger partial charge >= 0.3 is 0 Å². The Balaban J connectivity index is 2.33. The average molecular weight is 209 g/mol. The summed E-state index contributed by atoms with van der Waals surface area (Å²) in [5.74, 6) is 0. The highest BCUT2D eigenvalue weighted by Crippen LogP contribution is 2.26. The van der Waals surface area contributed by atoms with Crippen molar-refractivity contribution in [2.75, 3.05) is 0 Å². The molecule has 0 aliphatic rings. The van der Waals surface area contributed by atoms with Crippen LogP contribution >= 0.6 is 0 Å². The van der Waals surface area contributed by atoms with E-state index in [4.69, 9.17) is 0 Å². The molecule has 0 aliphatic carbocycles. The standard InChI is InChI=1S/C13H11N3/c1-9-7-8-14-13-11(9)12(15-16-13)10-5-3-2-4-6-10/h2-8H,1H3,(H,14,15,16). The summed E-state index contributed by atoms with van der Waals surface area (Å²) in [6.07, 6.45) is 1.78. The van der Waals surface area contributed by atoms with Crippen molar-refractivity contribution in [3.63, 3.8) is 0 Å². The summed E-state index contributed by atoms with van der Waals surface area (Å²) in [6, 6.07) is 12.2. The quantitative estimate of drug-likeness (QED) is 0.669. The second kappa shape index (κ2) is 3.45. The Hall–Kier alpha value is -2.16. The molecule has 3 aromatic rings. The van der Waals surface area contributed by atoms with E-state index in [0.29, 0.717) is 0 Å². The summed E-state index contributed by atoms with van der Waals surface area (Å²) >= 11 is 0. The molecule has 2 aromatic heterocycles. The van der Waals surface area contributed by atoms with Crippen LogP contribution in [-0.2, 0) is 0 Å². The number of aromatic amines is 1. The van der Waals surface area contributed by atoms with Crippen LogP contribution in [0.2, 0.25) is 0 Å². The summed E-state index contributed by atoms with van der Waals surface area (Å²) < 4.78 is 0. The third-order valence-electron chi connectivity index (χ3n) is 2.73. The lowest BCUT2D eigenvalue weighted by Crippen LogP contribution is -1.81. The zero-order chi connectivity index (χ0) is 11.0. The normalized spacial score (nSPS) is 10.8. The molecule has 0 aliphatic heterocycles. The summed E-state index contributed by atoms with van der Waals surface area (Å²) in [4.78, 5) is 4.25. The zero-order valence-electron chi connectivity index (χ0n) is 8.94. The van der Waals surface area contributed by atoms with Gasteiger partial charge in [0.1, 0.15) is 0 Å². The Morgan fingerprint density at radius 1 is 1.06 bits per heavy atom. The van der Waals surface area contributed by atoms with E-state index >= 15 is 0 Å². The molecule has 3 rings (SSSR count). The van der Waals surface area contributed by atoms with Gasteiger partial charge in [-0.2, -0.15) is 5.10 Å². The second-order valence-corrected chi connectivity index (χ2v) is 3.79. The molecule has 3 nitrogen and oxygen atoms in total. The van der Waals surface area contributed by atoms with Crippen LogP contribution in [0.1, 0.15) is 5.56 Å². The monoisotopic (exact) mass is 209 g/mol. The lowest BCUT2D eigenvalue weighted by atomic mass is 10.1. The van der Waals surface area contributed by atoms with Crippen molar-refractivity contribution in [2.45, 2.75) is 6.92 Å². The first-order valence-electron chi connectivity index (χ1n) is 5.21. The van der Waals surface area contributed by atoms with Crippen LogP contribution in [0.3, 0.4) is 0 Å². The average Bonchev–Trinajstić information content (AvgIpc) is 2.75. The van der Waals surface area contributed by atoms with Crippen molar-refractivity contribution in [3.05, 3.63) is 48.2 Å². The number of pyridine rings is 1. The number of fused-ring (bicyclic) bond motifs is 1. The number of rotatable bonds is 1. The van der Waals surface area contributed by atoms with E-state index in [-0.39, 0.29) is 0 Å². The molecule has 1 aromatic carbocycles. The second-order valence-electron chi connectivity index (χ2n) is 3.79. The molecule has 2 heterocycles. The first-order chi connectivity index (χ1) is 7.86. The summed E-state index contributed by atoms with van der Waals surface area (Å²) in [5, 5.41) is 8.38. The van der Waals surface area contributed by atoms with Crippen LogP contribution in [0, 0.1) is 6.92 Å². The Morgan fingerprint density at radius 2 is 1.88 bits per heavy atom. The van der Waals surface area contributed by atoms with E-state index < -0.39 is 0 Å². The summed E-state index contributed by atoms with van der Waals surface area (Å²) in [5.41, 5.74) is 4.15. The van der Waals surface area contributed by atoms with E-state index in [9.17, 15) is 0 Å². The largest absolute Gasteiger partial charge is 0.275 e. The van der Waals surface area contributed by atoms with Crippen LogP contribution < -0.4 is 0 Å². The molecule has 0 saturated carbocycles. The zero-order valence-corrected chi connectivity index (χ0v) is 8.94. The van der Waals surface area contributed by atoms with Crippen LogP contribution in [-0.4, -0.2) is 15.2 Å². The van der Waals surface area contributed by atoms with Gasteiger partial charge in [-0.1, -0.05) is 30.3 Å². The van der Waals surface area contributed by atoms with Crippen LogP contribution in [0.25, 0.3) is 22.3 Å². The first-order valence-corrected chi connectivity index (χ1v) is 5.21. The summed E-state index contributed by atoms with van der Waals surface area (Å²) in [6.45, 7) is 2.08. The third kappa shape index (κ3) is 1.29. The van der Waals surface area contributed by atoms with Gasteiger partial charge in [-0.15, -0.1) is 0 Å². The van der Waals surface area contributed by atoms with Gasteiger partial charge in [0.15, 0.2) is 5.65 Å². The number of hydrogen-bond acceptors (Lipinski definition) is 2. The number of nitrogens with one attached hydrogen (secondary N) is 1. The number of nitrogens with zero attached hydrogens (tertiary/aromatic N) is 2. The molecule has 78 valence electrons. The predicted molar refractivity (Wildman–Crippen MR) is 64.1 cm³/mol. The topological polar surface area (TPSA) is 41.6 Å². The van der Waals surface area contributed by atoms with Crippen molar-refractivity contribution >= 4 is 11.0 Å². The molecule has 0 unspecified atom stereocenters. The third-order valence-corrected chi connectivity index (χ3v) is 2.73. The van der Waals surface area contributed by atoms with E-state index in [1.165, 1.54) is 5.56 Å². The predicted octanol–water partition coefficient (Wildman–Crippen LogP) is 2.93. The maximum Gasteiger partial charge on any atom is 0.181 e. The maximum absolute atomic E-state index is 4.25. The SMILES string of the molecule is Cc1ccnc2n[nH]c(-c3ccccc3)c12. The van der Waals surface area contributed by atoms with Crippen molar-refractivity contribution < 1.29 is 0 Å². The van der Waals surface area contributed by atoms with Crippen molar-refractivity contribution in [1.29, 1.82) is 0 Å². The van der Waals surface area contributed by atoms with Gasteiger partial charge in [-0.05, 0) is 18.6 Å². The Morgan fingerprint density at radius 3 is 2.69 bits per heavy atom. The highest BCUT2D eigenvalue weighted by molar-refractivity contribution is 5.93. The highest BCUT2D eigenvalue weighted by atomic mass is 15.1. The first kappa shape index (κ1) is 9.09. The number of benzene rings is 1. The van der Waals surface area contributed by atoms with Gasteiger partial charge in [0.05, 0.1) is 5.69 Å². The van der Waals surface area contributed by atoms with E-state index in [1.54, 1.807) is 6.20 Å². The summed E-state index contributed by atoms with van der Waals surface area (Å²) in [7, 11) is 0. The molecule has 0 amide bonds. The van der Waals surface area contributed by atoms with Crippen LogP contribution in [0.5, 0.6) is 0 Å². The molecule has 0 bridgehead atoms. The van der Waals surface area contributed by atoms with E-state index in [0.717, 1.165) is 22.3 Å². The van der Waals surface area contributed by atoms with Gasteiger partial charge < -0.3 is 0 Å². The lowest BCUT2D eigenvalue weighted by Gasteiger charge is -1.99. The van der Waals surface area contributed by atoms with Gasteiger partial charge in [0, 0.05) is 17.1 Å². The molecular weight excluding hydrogens is 198 g/mol. The van der Waals surface area contributed by atoms with Crippen molar-refractivity contribution in [1.82, 2.24) is 15.2 Å². The molecule has 0 saturated heterocycles. The molecule has 16 heavy (non-hydrogen) atoms. The van der Waals surface area contributed by atoms with Crippen molar-refractivity contribution in [3.8, 4) is 11.3 Å². The molecule has 0 atom stereocenters. The highest BCUT2D eigenvalue weighted by Gasteiger charge is 2.09. The molecular formula is C13H11N3. The minimum absolute atomic E-state index is 0.777. The number of aryl methyl sites for hydroxylation is 1. The molecule has 0 fully saturated rings. The van der Waals surface area contributed by atoms with Crippen LogP contribution in [0.4, 0.5) is 0 Å². The van der Waals surface area contributed by atoms with Crippen molar-refractivity contribution in [2.24, 2.45) is 0 Å². The molecule has 3 heteroatoms. The van der Waals surface area contributed by atoms with Crippen LogP contribution in [0.15, 0.2) is 42.6 Å². The Bertz CT molecular complexity index is 626. The molecule has 0 spiro atoms. The fraction of sp³-hybridized carbons (Fsp3) is 0.0769. The fourth-order valence-electron chi connectivity index (χ4n) is 1.92. The van der Waals surface area contributed by atoms with Gasteiger partial charge in [0.25, 0.3) is 0 Å². The lowest BCUT2D eigenvalue weighted by molar-refractivity contribution is 1.10. The number of aromatic nitrogens is 3. The van der Waals surface area contributed by atoms with Gasteiger partial charge in [-0.25, -0.2) is 4.98 Å². The Kier molecular flexibility index (Phi) is 1.96. The van der Waals surface area contributed by atoms with Gasteiger partial charge in [0.2, 0.25) is 0 Å². The molecule has 0 radical (unpaired) electrons. The molecule has 1 N–H and O–H groups in total. The van der Waals surface area contributed by atoms with Gasteiger partial charge in [-0.3, -0.25) is 5.10 Å². The fourth-order valence-corrected chi connectivity index (χ4v) is 1.92. The maximum atomic E-state index is 4.25. The minimum atomic E-state index is 0.777. The number of hydrogen-bond donors (Lipinski definition) is 1. The Labute approximate surface area is 93.2 Å². The number of H-pyrrole nitrogens is 1.